The van der Waals surface area contributed by atoms with Gasteiger partial charge in [0.05, 0.1) is 0 Å². The van der Waals surface area contributed by atoms with E-state index in [4.69, 9.17) is 0 Å². The van der Waals surface area contributed by atoms with Crippen LogP contribution < -0.4 is 0 Å². The van der Waals surface area contributed by atoms with Gasteiger partial charge in [-0.3, -0.25) is 0 Å². The van der Waals surface area contributed by atoms with E-state index in [-0.39, 0.29) is 46.9 Å². The molecule has 11 heavy (non-hydrogen) atoms. The Balaban J connectivity index is 0.000000167. The van der Waals surface area contributed by atoms with Crippen LogP contribution in [0.15, 0.2) is 60.7 Å². The molecular formula is C10H10Yb. The molecule has 2 aromatic rings. The molecule has 0 N–H and O–H groups in total. The predicted molar refractivity (Wildman–Crippen MR) is 44.1 cm³/mol. The van der Waals surface area contributed by atoms with Crippen LogP contribution in [0.4, 0.5) is 0 Å². The van der Waals surface area contributed by atoms with Gasteiger partial charge in [0.2, 0.25) is 0 Å². The summed E-state index contributed by atoms with van der Waals surface area (Å²) < 4.78 is 0. The molecule has 0 saturated carbocycles. The summed E-state index contributed by atoms with van der Waals surface area (Å²) in [6.07, 6.45) is 0. The second kappa shape index (κ2) is 8.32. The summed E-state index contributed by atoms with van der Waals surface area (Å²) in [6, 6.07) is 20.0. The van der Waals surface area contributed by atoms with Crippen molar-refractivity contribution in [3.05, 3.63) is 60.7 Å². The van der Waals surface area contributed by atoms with E-state index in [0.717, 1.165) is 0 Å². The Hall–Kier alpha value is 0.219. The normalized spacial score (nSPS) is 7.27. The summed E-state index contributed by atoms with van der Waals surface area (Å²) in [4.78, 5) is 0. The smallest absolute Gasteiger partial charge is 0.214 e. The van der Waals surface area contributed by atoms with Crippen LogP contribution in [0.25, 0.3) is 0 Å². The summed E-state index contributed by atoms with van der Waals surface area (Å²) in [5.74, 6) is 0. The molecule has 0 aromatic heterocycles. The molecule has 0 aliphatic carbocycles. The summed E-state index contributed by atoms with van der Waals surface area (Å²) in [5, 5.41) is 0. The zero-order valence-corrected chi connectivity index (χ0v) is 7.76. The van der Waals surface area contributed by atoms with Crippen molar-refractivity contribution in [2.75, 3.05) is 0 Å². The second-order valence-corrected chi connectivity index (χ2v) is 1.92. The standard InChI is InChI=1S/2C5H5.Yb/c2*1-2-4-5-3-1;/h2*1-5H;/q2*-1;+2. The minimum atomic E-state index is 0. The van der Waals surface area contributed by atoms with Gasteiger partial charge in [-0.05, 0) is 0 Å². The third-order valence-corrected chi connectivity index (χ3v) is 1.11. The second-order valence-electron chi connectivity index (χ2n) is 1.92. The predicted octanol–water partition coefficient (Wildman–Crippen LogP) is 2.81. The van der Waals surface area contributed by atoms with E-state index in [1.165, 1.54) is 0 Å². The zero-order chi connectivity index (χ0) is 7.07. The van der Waals surface area contributed by atoms with Crippen LogP contribution in [0, 0.1) is 46.9 Å². The average molecular weight is 303 g/mol. The number of hydrogen-bond donors (Lipinski definition) is 0. The van der Waals surface area contributed by atoms with Gasteiger partial charge in [-0.2, -0.15) is 36.4 Å². The summed E-state index contributed by atoms with van der Waals surface area (Å²) in [7, 11) is 0. The molecule has 0 fully saturated rings. The van der Waals surface area contributed by atoms with E-state index < -0.39 is 0 Å². The largest absolute Gasteiger partial charge is 2.00 e. The van der Waals surface area contributed by atoms with Crippen molar-refractivity contribution in [3.8, 4) is 0 Å². The molecule has 0 amide bonds. The molecule has 1 heteroatoms. The Morgan fingerprint density at radius 3 is 0.909 bits per heavy atom. The van der Waals surface area contributed by atoms with Gasteiger partial charge in [0, 0.05) is 0 Å². The quantitative estimate of drug-likeness (QED) is 0.657. The molecule has 0 bridgehead atoms. The maximum atomic E-state index is 2.00. The van der Waals surface area contributed by atoms with Gasteiger partial charge < -0.3 is 0 Å². The zero-order valence-electron chi connectivity index (χ0n) is 6.04. The molecule has 64 valence electrons. The van der Waals surface area contributed by atoms with E-state index >= 15 is 0 Å². The molecule has 2 aromatic carbocycles. The molecule has 0 atom stereocenters. The van der Waals surface area contributed by atoms with Crippen LogP contribution in [0.2, 0.25) is 0 Å². The van der Waals surface area contributed by atoms with E-state index in [1.54, 1.807) is 0 Å². The Morgan fingerprint density at radius 2 is 0.818 bits per heavy atom. The minimum Gasteiger partial charge on any atom is -0.214 e. The van der Waals surface area contributed by atoms with Crippen LogP contribution in [0.3, 0.4) is 0 Å². The molecule has 0 unspecified atom stereocenters. The number of rotatable bonds is 0. The van der Waals surface area contributed by atoms with Gasteiger partial charge in [-0.25, -0.2) is 24.3 Å². The van der Waals surface area contributed by atoms with Crippen molar-refractivity contribution in [2.24, 2.45) is 0 Å². The summed E-state index contributed by atoms with van der Waals surface area (Å²) in [6.45, 7) is 0. The van der Waals surface area contributed by atoms with Gasteiger partial charge in [-0.1, -0.05) is 0 Å². The monoisotopic (exact) mass is 304 g/mol. The van der Waals surface area contributed by atoms with Gasteiger partial charge in [-0.15, -0.1) is 0 Å². The Kier molecular flexibility index (Phi) is 8.48. The maximum Gasteiger partial charge on any atom is 2.00 e. The van der Waals surface area contributed by atoms with Gasteiger partial charge in [0.25, 0.3) is 0 Å². The summed E-state index contributed by atoms with van der Waals surface area (Å²) in [5.41, 5.74) is 0. The van der Waals surface area contributed by atoms with Gasteiger partial charge >= 0.3 is 46.9 Å². The topological polar surface area (TPSA) is 0 Å². The molecule has 0 aliphatic heterocycles. The van der Waals surface area contributed by atoms with Crippen molar-refractivity contribution < 1.29 is 46.9 Å². The fourth-order valence-corrected chi connectivity index (χ4v) is 0.642. The third kappa shape index (κ3) is 6.61. The molecule has 0 nitrogen and oxygen atoms in total. The molecule has 0 aliphatic rings. The van der Waals surface area contributed by atoms with Crippen LogP contribution >= 0.6 is 0 Å². The molecule has 0 spiro atoms. The average Bonchev–Trinajstić information content (AvgIpc) is 2.67. The van der Waals surface area contributed by atoms with Crippen molar-refractivity contribution in [1.29, 1.82) is 0 Å². The van der Waals surface area contributed by atoms with Crippen LogP contribution in [0.1, 0.15) is 0 Å². The van der Waals surface area contributed by atoms with Gasteiger partial charge in [0.15, 0.2) is 0 Å². The van der Waals surface area contributed by atoms with Crippen molar-refractivity contribution >= 4 is 0 Å². The van der Waals surface area contributed by atoms with Crippen molar-refractivity contribution in [2.45, 2.75) is 0 Å². The van der Waals surface area contributed by atoms with Crippen molar-refractivity contribution in [1.82, 2.24) is 0 Å². The fourth-order valence-electron chi connectivity index (χ4n) is 0.642. The first-order valence-electron chi connectivity index (χ1n) is 3.33. The van der Waals surface area contributed by atoms with E-state index in [1.807, 2.05) is 60.7 Å². The van der Waals surface area contributed by atoms with Crippen molar-refractivity contribution in [3.63, 3.8) is 0 Å². The Morgan fingerprint density at radius 1 is 0.545 bits per heavy atom. The van der Waals surface area contributed by atoms with Gasteiger partial charge in [0.1, 0.15) is 0 Å². The molecular weight excluding hydrogens is 293 g/mol. The van der Waals surface area contributed by atoms with Crippen LogP contribution in [-0.4, -0.2) is 0 Å². The van der Waals surface area contributed by atoms with E-state index in [0.29, 0.717) is 0 Å². The SMILES string of the molecule is [Yb+2].c1cc[cH-]c1.c1cc[cH-]c1. The Bertz CT molecular complexity index is 144. The minimum absolute atomic E-state index is 0. The first-order chi connectivity index (χ1) is 5.00. The molecule has 0 heterocycles. The third-order valence-electron chi connectivity index (χ3n) is 1.11. The number of hydrogen-bond acceptors (Lipinski definition) is 0. The van der Waals surface area contributed by atoms with Crippen LogP contribution in [-0.2, 0) is 0 Å². The maximum absolute atomic E-state index is 2.00. The Labute approximate surface area is 106 Å². The molecule has 2 rings (SSSR count). The van der Waals surface area contributed by atoms with E-state index in [9.17, 15) is 0 Å². The molecule has 0 saturated heterocycles. The summed E-state index contributed by atoms with van der Waals surface area (Å²) >= 11 is 0. The molecule has 0 radical (unpaired) electrons. The fraction of sp³-hybridized carbons (Fsp3) is 0. The van der Waals surface area contributed by atoms with E-state index in [2.05, 4.69) is 0 Å². The first-order valence-corrected chi connectivity index (χ1v) is 3.33. The van der Waals surface area contributed by atoms with Crippen LogP contribution in [0.5, 0.6) is 0 Å². The first kappa shape index (κ1) is 11.2.